The van der Waals surface area contributed by atoms with Crippen LogP contribution in [0.4, 0.5) is 0 Å². The Bertz CT molecular complexity index is 574. The number of likely N-dealkylation sites (N-methyl/N-ethyl adjacent to an activating group) is 1. The van der Waals surface area contributed by atoms with Gasteiger partial charge < -0.3 is 10.2 Å². The highest BCUT2D eigenvalue weighted by Gasteiger charge is 2.31. The minimum atomic E-state index is -0.426. The fourth-order valence-electron chi connectivity index (χ4n) is 3.28. The highest BCUT2D eigenvalue weighted by Crippen LogP contribution is 2.24. The van der Waals surface area contributed by atoms with Crippen molar-refractivity contribution in [2.75, 3.05) is 26.7 Å². The summed E-state index contributed by atoms with van der Waals surface area (Å²) < 4.78 is 0. The molecule has 1 saturated heterocycles. The Morgan fingerprint density at radius 2 is 1.72 bits per heavy atom. The summed E-state index contributed by atoms with van der Waals surface area (Å²) in [7, 11) is 1.85. The topological polar surface area (TPSA) is 52.7 Å². The number of amides is 2. The first-order valence-electron chi connectivity index (χ1n) is 9.13. The molecule has 25 heavy (non-hydrogen) atoms. The number of nitrogens with one attached hydrogen (secondary N) is 1. The number of piperidine rings is 1. The number of likely N-dealkylation sites (tertiary alicyclic amines) is 1. The third-order valence-electron chi connectivity index (χ3n) is 4.37. The van der Waals surface area contributed by atoms with Crippen molar-refractivity contribution in [3.05, 3.63) is 35.9 Å². The van der Waals surface area contributed by atoms with Crippen molar-refractivity contribution in [2.45, 2.75) is 51.6 Å². The molecule has 138 valence electrons. The lowest BCUT2D eigenvalue weighted by Crippen LogP contribution is -2.49. The Balaban J connectivity index is 2.16. The van der Waals surface area contributed by atoms with E-state index >= 15 is 0 Å². The molecular formula is C20H31N3O2. The quantitative estimate of drug-likeness (QED) is 0.892. The summed E-state index contributed by atoms with van der Waals surface area (Å²) in [5, 5.41) is 2.97. The number of carbonyl (C=O) groups excluding carboxylic acids is 2. The summed E-state index contributed by atoms with van der Waals surface area (Å²) >= 11 is 0. The van der Waals surface area contributed by atoms with Gasteiger partial charge in [-0.05, 0) is 52.6 Å². The highest BCUT2D eigenvalue weighted by molar-refractivity contribution is 5.85. The molecule has 5 heteroatoms. The van der Waals surface area contributed by atoms with Gasteiger partial charge in [-0.2, -0.15) is 0 Å². The molecule has 1 aliphatic rings. The molecule has 0 bridgehead atoms. The van der Waals surface area contributed by atoms with Crippen molar-refractivity contribution in [1.82, 2.24) is 15.1 Å². The SMILES string of the molecule is CN(CC(=O)NC(C)(C)C)[C@@H](C(=O)N1CCCCC1)c1ccccc1. The lowest BCUT2D eigenvalue weighted by Gasteiger charge is -2.35. The van der Waals surface area contributed by atoms with Crippen LogP contribution < -0.4 is 5.32 Å². The summed E-state index contributed by atoms with van der Waals surface area (Å²) in [5.74, 6) is 0.0272. The van der Waals surface area contributed by atoms with E-state index in [1.165, 1.54) is 6.42 Å². The lowest BCUT2D eigenvalue weighted by molar-refractivity contribution is -0.138. The van der Waals surface area contributed by atoms with E-state index < -0.39 is 6.04 Å². The van der Waals surface area contributed by atoms with Crippen LogP contribution in [0.1, 0.15) is 51.6 Å². The number of hydrogen-bond donors (Lipinski definition) is 1. The molecule has 0 spiro atoms. The number of benzene rings is 1. The van der Waals surface area contributed by atoms with Crippen molar-refractivity contribution in [3.63, 3.8) is 0 Å². The fraction of sp³-hybridized carbons (Fsp3) is 0.600. The van der Waals surface area contributed by atoms with E-state index in [2.05, 4.69) is 5.32 Å². The van der Waals surface area contributed by atoms with Crippen LogP contribution in [0.15, 0.2) is 30.3 Å². The van der Waals surface area contributed by atoms with Gasteiger partial charge in [0.1, 0.15) is 6.04 Å². The van der Waals surface area contributed by atoms with E-state index in [0.29, 0.717) is 0 Å². The number of carbonyl (C=O) groups is 2. The molecule has 1 fully saturated rings. The number of nitrogens with zero attached hydrogens (tertiary/aromatic N) is 2. The van der Waals surface area contributed by atoms with Crippen LogP contribution >= 0.6 is 0 Å². The van der Waals surface area contributed by atoms with Gasteiger partial charge in [-0.3, -0.25) is 14.5 Å². The monoisotopic (exact) mass is 345 g/mol. The summed E-state index contributed by atoms with van der Waals surface area (Å²) in [5.41, 5.74) is 0.654. The summed E-state index contributed by atoms with van der Waals surface area (Å²) in [6, 6.07) is 9.32. The molecule has 0 saturated carbocycles. The fourth-order valence-corrected chi connectivity index (χ4v) is 3.28. The van der Waals surface area contributed by atoms with Crippen molar-refractivity contribution >= 4 is 11.8 Å². The van der Waals surface area contributed by atoms with Gasteiger partial charge in [-0.25, -0.2) is 0 Å². The maximum Gasteiger partial charge on any atom is 0.244 e. The van der Waals surface area contributed by atoms with Crippen LogP contribution in [0.5, 0.6) is 0 Å². The van der Waals surface area contributed by atoms with E-state index in [4.69, 9.17) is 0 Å². The van der Waals surface area contributed by atoms with Crippen LogP contribution in [0.3, 0.4) is 0 Å². The largest absolute Gasteiger partial charge is 0.350 e. The third kappa shape index (κ3) is 5.85. The van der Waals surface area contributed by atoms with E-state index in [1.54, 1.807) is 0 Å². The standard InChI is InChI=1S/C20H31N3O2/c1-20(2,3)21-17(24)15-22(4)18(16-11-7-5-8-12-16)19(25)23-13-9-6-10-14-23/h5,7-8,11-12,18H,6,9-10,13-15H2,1-4H3,(H,21,24)/t18-/m1/s1. The molecule has 2 rings (SSSR count). The Kier molecular flexibility index (Phi) is 6.59. The predicted molar refractivity (Wildman–Crippen MR) is 100 cm³/mol. The van der Waals surface area contributed by atoms with Crippen LogP contribution in [0.25, 0.3) is 0 Å². The normalized spacial score (nSPS) is 16.6. The Labute approximate surface area is 151 Å². The molecule has 5 nitrogen and oxygen atoms in total. The first-order valence-corrected chi connectivity index (χ1v) is 9.13. The maximum atomic E-state index is 13.2. The molecule has 1 heterocycles. The first-order chi connectivity index (χ1) is 11.8. The average Bonchev–Trinajstić information content (AvgIpc) is 2.55. The molecule has 0 unspecified atom stereocenters. The van der Waals surface area contributed by atoms with E-state index in [1.807, 2.05) is 68.0 Å². The zero-order chi connectivity index (χ0) is 18.4. The Morgan fingerprint density at radius 3 is 2.28 bits per heavy atom. The van der Waals surface area contributed by atoms with Crippen molar-refractivity contribution in [1.29, 1.82) is 0 Å². The van der Waals surface area contributed by atoms with E-state index in [9.17, 15) is 9.59 Å². The molecular weight excluding hydrogens is 314 g/mol. The second-order valence-electron chi connectivity index (χ2n) is 7.91. The van der Waals surface area contributed by atoms with Gasteiger partial charge in [0.05, 0.1) is 6.54 Å². The smallest absolute Gasteiger partial charge is 0.244 e. The second kappa shape index (κ2) is 8.48. The van der Waals surface area contributed by atoms with Crippen molar-refractivity contribution in [3.8, 4) is 0 Å². The first kappa shape index (κ1) is 19.4. The third-order valence-corrected chi connectivity index (χ3v) is 4.37. The van der Waals surface area contributed by atoms with Crippen LogP contribution in [0, 0.1) is 0 Å². The zero-order valence-corrected chi connectivity index (χ0v) is 15.9. The van der Waals surface area contributed by atoms with Gasteiger partial charge in [0, 0.05) is 18.6 Å². The maximum absolute atomic E-state index is 13.2. The predicted octanol–water partition coefficient (Wildman–Crippen LogP) is 2.59. The molecule has 0 aliphatic carbocycles. The van der Waals surface area contributed by atoms with Gasteiger partial charge in [-0.1, -0.05) is 30.3 Å². The summed E-state index contributed by atoms with van der Waals surface area (Å²) in [4.78, 5) is 29.3. The molecule has 0 aromatic heterocycles. The average molecular weight is 345 g/mol. The molecule has 1 aliphatic heterocycles. The minimum Gasteiger partial charge on any atom is -0.350 e. The molecule has 1 aromatic carbocycles. The number of hydrogen-bond acceptors (Lipinski definition) is 3. The van der Waals surface area contributed by atoms with Gasteiger partial charge in [0.25, 0.3) is 0 Å². The molecule has 2 amide bonds. The van der Waals surface area contributed by atoms with E-state index in [-0.39, 0.29) is 23.9 Å². The van der Waals surface area contributed by atoms with Gasteiger partial charge in [0.2, 0.25) is 11.8 Å². The molecule has 1 N–H and O–H groups in total. The second-order valence-corrected chi connectivity index (χ2v) is 7.91. The minimum absolute atomic E-state index is 0.0672. The molecule has 0 radical (unpaired) electrons. The lowest BCUT2D eigenvalue weighted by atomic mass is 10.0. The zero-order valence-electron chi connectivity index (χ0n) is 15.9. The van der Waals surface area contributed by atoms with Crippen molar-refractivity contribution < 1.29 is 9.59 Å². The van der Waals surface area contributed by atoms with Gasteiger partial charge in [-0.15, -0.1) is 0 Å². The Morgan fingerprint density at radius 1 is 1.12 bits per heavy atom. The van der Waals surface area contributed by atoms with Crippen LogP contribution in [0.2, 0.25) is 0 Å². The molecule has 1 atom stereocenters. The van der Waals surface area contributed by atoms with Crippen LogP contribution in [-0.4, -0.2) is 53.8 Å². The van der Waals surface area contributed by atoms with Gasteiger partial charge >= 0.3 is 0 Å². The molecule has 1 aromatic rings. The van der Waals surface area contributed by atoms with Crippen molar-refractivity contribution in [2.24, 2.45) is 0 Å². The summed E-state index contributed by atoms with van der Waals surface area (Å²) in [6.45, 7) is 7.68. The highest BCUT2D eigenvalue weighted by atomic mass is 16.2. The van der Waals surface area contributed by atoms with Crippen LogP contribution in [-0.2, 0) is 9.59 Å². The van der Waals surface area contributed by atoms with E-state index in [0.717, 1.165) is 31.5 Å². The number of rotatable bonds is 5. The summed E-state index contributed by atoms with van der Waals surface area (Å²) in [6.07, 6.45) is 3.30. The van der Waals surface area contributed by atoms with Gasteiger partial charge in [0.15, 0.2) is 0 Å². The Hall–Kier alpha value is -1.88.